The third-order valence-electron chi connectivity index (χ3n) is 4.40. The number of hydrogen-bond donors (Lipinski definition) is 2. The summed E-state index contributed by atoms with van der Waals surface area (Å²) in [6.45, 7) is 11.2. The molecule has 9 heteroatoms. The van der Waals surface area contributed by atoms with Crippen LogP contribution >= 0.6 is 35.6 Å². The van der Waals surface area contributed by atoms with Gasteiger partial charge in [-0.1, -0.05) is 23.7 Å². The standard InChI is InChI=1S/C21H32ClN5O2.HI/c1-5-23-20(24-15-18(28)25-21(2,3)4)27-11-9-26(10-12-27)19(29)14-16-7-6-8-17(22)13-16;/h6-8,13H,5,9-12,14-15H2,1-4H3,(H,23,24)(H,25,28);1H. The molecule has 1 aromatic carbocycles. The van der Waals surface area contributed by atoms with Crippen LogP contribution in [0.15, 0.2) is 29.3 Å². The second-order valence-electron chi connectivity index (χ2n) is 8.14. The second kappa shape index (κ2) is 12.3. The molecule has 7 nitrogen and oxygen atoms in total. The number of aliphatic imine (C=N–C) groups is 1. The molecule has 0 bridgehead atoms. The molecule has 1 fully saturated rings. The highest BCUT2D eigenvalue weighted by molar-refractivity contribution is 14.0. The summed E-state index contributed by atoms with van der Waals surface area (Å²) in [4.78, 5) is 33.1. The van der Waals surface area contributed by atoms with Crippen molar-refractivity contribution in [1.29, 1.82) is 0 Å². The van der Waals surface area contributed by atoms with E-state index in [9.17, 15) is 9.59 Å². The molecule has 0 radical (unpaired) electrons. The fourth-order valence-electron chi connectivity index (χ4n) is 3.13. The number of amides is 2. The van der Waals surface area contributed by atoms with Crippen LogP contribution < -0.4 is 10.6 Å². The lowest BCUT2D eigenvalue weighted by molar-refractivity contribution is -0.131. The monoisotopic (exact) mass is 549 g/mol. The van der Waals surface area contributed by atoms with Crippen molar-refractivity contribution in [3.05, 3.63) is 34.9 Å². The molecule has 168 valence electrons. The normalized spacial score (nSPS) is 14.8. The van der Waals surface area contributed by atoms with Gasteiger partial charge >= 0.3 is 0 Å². The maximum atomic E-state index is 12.6. The van der Waals surface area contributed by atoms with Crippen LogP contribution in [0, 0.1) is 0 Å². The third kappa shape index (κ3) is 9.07. The Bertz CT molecular complexity index is 743. The molecule has 2 N–H and O–H groups in total. The molecule has 0 atom stereocenters. The van der Waals surface area contributed by atoms with Gasteiger partial charge in [0.15, 0.2) is 5.96 Å². The summed E-state index contributed by atoms with van der Waals surface area (Å²) < 4.78 is 0. The summed E-state index contributed by atoms with van der Waals surface area (Å²) in [6, 6.07) is 7.41. The molecule has 1 aliphatic heterocycles. The van der Waals surface area contributed by atoms with Crippen LogP contribution in [0.3, 0.4) is 0 Å². The Balaban J connectivity index is 0.00000450. The van der Waals surface area contributed by atoms with Crippen molar-refractivity contribution in [2.24, 2.45) is 4.99 Å². The average Bonchev–Trinajstić information content (AvgIpc) is 2.64. The molecule has 0 unspecified atom stereocenters. The van der Waals surface area contributed by atoms with Gasteiger partial charge in [0.25, 0.3) is 0 Å². The number of carbonyl (C=O) groups is 2. The minimum atomic E-state index is -0.278. The van der Waals surface area contributed by atoms with E-state index in [0.29, 0.717) is 50.1 Å². The molecule has 0 saturated carbocycles. The van der Waals surface area contributed by atoms with Crippen LogP contribution in [0.5, 0.6) is 0 Å². The maximum Gasteiger partial charge on any atom is 0.242 e. The van der Waals surface area contributed by atoms with Crippen LogP contribution in [0.4, 0.5) is 0 Å². The van der Waals surface area contributed by atoms with Crippen LogP contribution in [-0.4, -0.2) is 72.4 Å². The number of guanidine groups is 1. The first kappa shape index (κ1) is 26.5. The number of nitrogens with zero attached hydrogens (tertiary/aromatic N) is 3. The van der Waals surface area contributed by atoms with E-state index < -0.39 is 0 Å². The largest absolute Gasteiger partial charge is 0.357 e. The Morgan fingerprint density at radius 2 is 1.77 bits per heavy atom. The number of nitrogens with one attached hydrogen (secondary N) is 2. The predicted octanol–water partition coefficient (Wildman–Crippen LogP) is 2.52. The molecule has 0 aliphatic carbocycles. The van der Waals surface area contributed by atoms with Crippen molar-refractivity contribution in [3.63, 3.8) is 0 Å². The van der Waals surface area contributed by atoms with E-state index in [-0.39, 0.29) is 47.9 Å². The zero-order valence-corrected chi connectivity index (χ0v) is 21.3. The van der Waals surface area contributed by atoms with Gasteiger partial charge < -0.3 is 20.4 Å². The van der Waals surface area contributed by atoms with Gasteiger partial charge in [-0.25, -0.2) is 4.99 Å². The number of halogens is 2. The quantitative estimate of drug-likeness (QED) is 0.336. The van der Waals surface area contributed by atoms with Crippen LogP contribution in [0.25, 0.3) is 0 Å². The molecule has 0 spiro atoms. The summed E-state index contributed by atoms with van der Waals surface area (Å²) in [5, 5.41) is 6.79. The molecule has 2 amide bonds. The minimum absolute atomic E-state index is 0. The van der Waals surface area contributed by atoms with E-state index in [2.05, 4.69) is 20.5 Å². The Morgan fingerprint density at radius 3 is 2.33 bits per heavy atom. The van der Waals surface area contributed by atoms with E-state index in [1.807, 2.05) is 50.8 Å². The SMILES string of the molecule is CCNC(=NCC(=O)NC(C)(C)C)N1CCN(C(=O)Cc2cccc(Cl)c2)CC1.I. The number of piperazine rings is 1. The first-order chi connectivity index (χ1) is 13.7. The van der Waals surface area contributed by atoms with Gasteiger partial charge in [-0.2, -0.15) is 0 Å². The van der Waals surface area contributed by atoms with Gasteiger partial charge in [0.1, 0.15) is 6.54 Å². The number of hydrogen-bond acceptors (Lipinski definition) is 3. The highest BCUT2D eigenvalue weighted by Crippen LogP contribution is 2.13. The topological polar surface area (TPSA) is 77.0 Å². The molecule has 1 heterocycles. The predicted molar refractivity (Wildman–Crippen MR) is 133 cm³/mol. The molecule has 1 saturated heterocycles. The van der Waals surface area contributed by atoms with Crippen molar-refractivity contribution in [2.45, 2.75) is 39.7 Å². The second-order valence-corrected chi connectivity index (χ2v) is 8.58. The maximum absolute atomic E-state index is 12.6. The van der Waals surface area contributed by atoms with E-state index in [1.54, 1.807) is 6.07 Å². The third-order valence-corrected chi connectivity index (χ3v) is 4.63. The highest BCUT2D eigenvalue weighted by atomic mass is 127. The molecular formula is C21H33ClIN5O2. The number of rotatable bonds is 5. The van der Waals surface area contributed by atoms with Gasteiger partial charge in [0.2, 0.25) is 11.8 Å². The van der Waals surface area contributed by atoms with Crippen molar-refractivity contribution in [2.75, 3.05) is 39.3 Å². The Hall–Kier alpha value is -1.55. The fourth-order valence-corrected chi connectivity index (χ4v) is 3.34. The van der Waals surface area contributed by atoms with Gasteiger partial charge in [0.05, 0.1) is 6.42 Å². The summed E-state index contributed by atoms with van der Waals surface area (Å²) >= 11 is 6.00. The Labute approximate surface area is 201 Å². The minimum Gasteiger partial charge on any atom is -0.357 e. The van der Waals surface area contributed by atoms with Crippen molar-refractivity contribution in [1.82, 2.24) is 20.4 Å². The van der Waals surface area contributed by atoms with Crippen molar-refractivity contribution >= 4 is 53.4 Å². The Kier molecular flexibility index (Phi) is 10.9. The van der Waals surface area contributed by atoms with Gasteiger partial charge in [-0.15, -0.1) is 24.0 Å². The lowest BCUT2D eigenvalue weighted by Crippen LogP contribution is -2.54. The van der Waals surface area contributed by atoms with Crippen LogP contribution in [-0.2, 0) is 16.0 Å². The highest BCUT2D eigenvalue weighted by Gasteiger charge is 2.23. The summed E-state index contributed by atoms with van der Waals surface area (Å²) in [5.74, 6) is 0.695. The molecule has 1 aliphatic rings. The van der Waals surface area contributed by atoms with Gasteiger partial charge in [0, 0.05) is 43.3 Å². The lowest BCUT2D eigenvalue weighted by Gasteiger charge is -2.36. The molecule has 0 aromatic heterocycles. The van der Waals surface area contributed by atoms with E-state index >= 15 is 0 Å². The first-order valence-corrected chi connectivity index (χ1v) is 10.4. The molecular weight excluding hydrogens is 517 g/mol. The molecule has 1 aromatic rings. The van der Waals surface area contributed by atoms with Crippen LogP contribution in [0.1, 0.15) is 33.3 Å². The van der Waals surface area contributed by atoms with Gasteiger partial charge in [-0.3, -0.25) is 9.59 Å². The van der Waals surface area contributed by atoms with E-state index in [0.717, 1.165) is 5.56 Å². The average molecular weight is 550 g/mol. The summed E-state index contributed by atoms with van der Waals surface area (Å²) in [5.41, 5.74) is 0.643. The lowest BCUT2D eigenvalue weighted by atomic mass is 10.1. The zero-order valence-electron chi connectivity index (χ0n) is 18.2. The van der Waals surface area contributed by atoms with Gasteiger partial charge in [-0.05, 0) is 45.4 Å². The summed E-state index contributed by atoms with van der Waals surface area (Å²) in [7, 11) is 0. The smallest absolute Gasteiger partial charge is 0.242 e. The fraction of sp³-hybridized carbons (Fsp3) is 0.571. The molecule has 2 rings (SSSR count). The zero-order chi connectivity index (χ0) is 21.4. The Morgan fingerprint density at radius 1 is 1.13 bits per heavy atom. The number of benzene rings is 1. The van der Waals surface area contributed by atoms with E-state index in [1.165, 1.54) is 0 Å². The number of carbonyl (C=O) groups excluding carboxylic acids is 2. The van der Waals surface area contributed by atoms with Crippen molar-refractivity contribution in [3.8, 4) is 0 Å². The van der Waals surface area contributed by atoms with Crippen LogP contribution in [0.2, 0.25) is 5.02 Å². The van der Waals surface area contributed by atoms with E-state index in [4.69, 9.17) is 11.6 Å². The first-order valence-electron chi connectivity index (χ1n) is 10.0. The van der Waals surface area contributed by atoms with Crippen molar-refractivity contribution < 1.29 is 9.59 Å². The summed E-state index contributed by atoms with van der Waals surface area (Å²) in [6.07, 6.45) is 0.349. The molecule has 30 heavy (non-hydrogen) atoms.